The van der Waals surface area contributed by atoms with Crippen LogP contribution in [0.25, 0.3) is 0 Å². The zero-order chi connectivity index (χ0) is 17.4. The monoisotopic (exact) mass is 379 g/mol. The first-order valence-electron chi connectivity index (χ1n) is 9.19. The quantitative estimate of drug-likeness (QED) is 0.839. The molecule has 26 heavy (non-hydrogen) atoms. The first kappa shape index (κ1) is 19.0. The van der Waals surface area contributed by atoms with Gasteiger partial charge in [-0.25, -0.2) is 0 Å². The molecule has 7 heteroatoms. The summed E-state index contributed by atoms with van der Waals surface area (Å²) < 4.78 is 5.43. The fourth-order valence-corrected chi connectivity index (χ4v) is 4.73. The number of para-hydroxylation sites is 2. The lowest BCUT2D eigenvalue weighted by Gasteiger charge is -2.45. The summed E-state index contributed by atoms with van der Waals surface area (Å²) >= 11 is 0. The van der Waals surface area contributed by atoms with Crippen molar-refractivity contribution >= 4 is 29.9 Å². The van der Waals surface area contributed by atoms with E-state index in [1.165, 1.54) is 11.3 Å². The van der Waals surface area contributed by atoms with E-state index < -0.39 is 0 Å². The van der Waals surface area contributed by atoms with Crippen LogP contribution >= 0.6 is 12.4 Å². The summed E-state index contributed by atoms with van der Waals surface area (Å²) in [5.41, 5.74) is 6.83. The van der Waals surface area contributed by atoms with Crippen LogP contribution in [0, 0.1) is 11.8 Å². The van der Waals surface area contributed by atoms with Crippen molar-refractivity contribution in [2.45, 2.75) is 44.2 Å². The van der Waals surface area contributed by atoms with E-state index in [0.717, 1.165) is 25.7 Å². The minimum atomic E-state index is -0.181. The summed E-state index contributed by atoms with van der Waals surface area (Å²) in [4.78, 5) is 26.4. The average molecular weight is 380 g/mol. The van der Waals surface area contributed by atoms with Crippen molar-refractivity contribution < 1.29 is 14.3 Å². The van der Waals surface area contributed by atoms with Gasteiger partial charge in [0.2, 0.25) is 5.91 Å². The van der Waals surface area contributed by atoms with E-state index in [-0.39, 0.29) is 49.5 Å². The summed E-state index contributed by atoms with van der Waals surface area (Å²) in [7, 11) is 0. The van der Waals surface area contributed by atoms with Gasteiger partial charge in [-0.05, 0) is 49.7 Å². The van der Waals surface area contributed by atoms with Crippen LogP contribution in [-0.4, -0.2) is 37.0 Å². The van der Waals surface area contributed by atoms with Crippen LogP contribution in [0.1, 0.15) is 32.1 Å². The number of carbonyl (C=O) groups excluding carboxylic acids is 2. The lowest BCUT2D eigenvalue weighted by atomic mass is 9.67. The fraction of sp³-hybridized carbons (Fsp3) is 0.579. The molecule has 4 rings (SSSR count). The third-order valence-corrected chi connectivity index (χ3v) is 5.81. The van der Waals surface area contributed by atoms with Gasteiger partial charge in [0.15, 0.2) is 6.61 Å². The number of nitrogens with zero attached hydrogens (tertiary/aromatic N) is 1. The highest BCUT2D eigenvalue weighted by atomic mass is 35.5. The van der Waals surface area contributed by atoms with Gasteiger partial charge in [0.05, 0.1) is 5.69 Å². The van der Waals surface area contributed by atoms with Gasteiger partial charge in [0.25, 0.3) is 5.91 Å². The van der Waals surface area contributed by atoms with Gasteiger partial charge in [-0.3, -0.25) is 14.5 Å². The molecule has 2 saturated carbocycles. The first-order valence-corrected chi connectivity index (χ1v) is 9.19. The molecule has 3 aliphatic rings. The van der Waals surface area contributed by atoms with Crippen LogP contribution in [-0.2, 0) is 9.59 Å². The van der Waals surface area contributed by atoms with Crippen molar-refractivity contribution in [3.8, 4) is 5.75 Å². The molecule has 1 heterocycles. The van der Waals surface area contributed by atoms with Gasteiger partial charge < -0.3 is 15.8 Å². The van der Waals surface area contributed by atoms with Crippen LogP contribution in [0.3, 0.4) is 0 Å². The van der Waals surface area contributed by atoms with Crippen molar-refractivity contribution in [3.63, 3.8) is 0 Å². The number of nitrogens with one attached hydrogen (secondary N) is 1. The topological polar surface area (TPSA) is 84.7 Å². The number of hydrogen-bond donors (Lipinski definition) is 2. The summed E-state index contributed by atoms with van der Waals surface area (Å²) in [6, 6.07) is 7.80. The zero-order valence-electron chi connectivity index (χ0n) is 14.7. The van der Waals surface area contributed by atoms with Crippen molar-refractivity contribution in [1.82, 2.24) is 5.32 Å². The van der Waals surface area contributed by atoms with Gasteiger partial charge in [0.1, 0.15) is 12.3 Å². The third kappa shape index (κ3) is 3.67. The highest BCUT2D eigenvalue weighted by molar-refractivity contribution is 6.02. The second-order valence-corrected chi connectivity index (χ2v) is 7.51. The van der Waals surface area contributed by atoms with Gasteiger partial charge in [-0.2, -0.15) is 0 Å². The molecule has 6 nitrogen and oxygen atoms in total. The lowest BCUT2D eigenvalue weighted by molar-refractivity contribution is -0.126. The van der Waals surface area contributed by atoms with Crippen LogP contribution in [0.4, 0.5) is 5.69 Å². The largest absolute Gasteiger partial charge is 0.482 e. The molecule has 1 aliphatic heterocycles. The molecule has 2 fully saturated rings. The number of rotatable bonds is 3. The standard InChI is InChI=1S/C19H25N3O3.ClH/c20-14-8-12-4-3-5-13(9-14)19(12)21-17(23)10-22-15-6-1-2-7-16(15)25-11-18(22)24;/h1-2,6-7,12-14,19H,3-5,8-11,20H2,(H,21,23);1H. The van der Waals surface area contributed by atoms with E-state index in [1.54, 1.807) is 0 Å². The number of hydrogen-bond acceptors (Lipinski definition) is 4. The third-order valence-electron chi connectivity index (χ3n) is 5.81. The molecular weight excluding hydrogens is 354 g/mol. The van der Waals surface area contributed by atoms with E-state index in [0.29, 0.717) is 23.3 Å². The van der Waals surface area contributed by atoms with E-state index in [2.05, 4.69) is 5.32 Å². The Morgan fingerprint density at radius 2 is 1.92 bits per heavy atom. The first-order chi connectivity index (χ1) is 12.1. The second-order valence-electron chi connectivity index (χ2n) is 7.51. The molecule has 2 unspecified atom stereocenters. The number of carbonyl (C=O) groups is 2. The second kappa shape index (κ2) is 7.84. The molecule has 0 radical (unpaired) electrons. The maximum absolute atomic E-state index is 12.7. The van der Waals surface area contributed by atoms with Gasteiger partial charge in [-0.1, -0.05) is 18.6 Å². The van der Waals surface area contributed by atoms with Crippen molar-refractivity contribution in [3.05, 3.63) is 24.3 Å². The predicted molar refractivity (Wildman–Crippen MR) is 102 cm³/mol. The number of nitrogens with two attached hydrogens (primary N) is 1. The summed E-state index contributed by atoms with van der Waals surface area (Å²) in [5.74, 6) is 1.32. The average Bonchev–Trinajstić information content (AvgIpc) is 2.58. The minimum Gasteiger partial charge on any atom is -0.482 e. The number of anilines is 1. The number of benzene rings is 1. The van der Waals surface area contributed by atoms with Gasteiger partial charge in [-0.15, -0.1) is 12.4 Å². The van der Waals surface area contributed by atoms with E-state index in [4.69, 9.17) is 10.5 Å². The van der Waals surface area contributed by atoms with Crippen molar-refractivity contribution in [2.75, 3.05) is 18.1 Å². The molecule has 2 bridgehead atoms. The maximum Gasteiger partial charge on any atom is 0.265 e. The molecule has 142 valence electrons. The molecule has 0 saturated heterocycles. The highest BCUT2D eigenvalue weighted by Crippen LogP contribution is 2.39. The maximum atomic E-state index is 12.7. The Kier molecular flexibility index (Phi) is 5.73. The van der Waals surface area contributed by atoms with Crippen LogP contribution in [0.5, 0.6) is 5.75 Å². The summed E-state index contributed by atoms with van der Waals surface area (Å²) in [6.45, 7) is 0.0228. The molecule has 1 aromatic carbocycles. The van der Waals surface area contributed by atoms with Crippen molar-refractivity contribution in [1.29, 1.82) is 0 Å². The molecular formula is C19H26ClN3O3. The number of fused-ring (bicyclic) bond motifs is 3. The minimum absolute atomic E-state index is 0. The molecule has 2 amide bonds. The number of halogens is 1. The molecule has 3 N–H and O–H groups in total. The van der Waals surface area contributed by atoms with Gasteiger partial charge in [0, 0.05) is 12.1 Å². The highest BCUT2D eigenvalue weighted by Gasteiger charge is 2.40. The Labute approximate surface area is 159 Å². The molecule has 0 spiro atoms. The SMILES string of the molecule is Cl.NC1CC2CCCC(C1)C2NC(=O)CN1C(=O)COc2ccccc21. The fourth-order valence-electron chi connectivity index (χ4n) is 4.73. The zero-order valence-corrected chi connectivity index (χ0v) is 15.5. The number of ether oxygens (including phenoxy) is 1. The Hall–Kier alpha value is -1.79. The Morgan fingerprint density at radius 1 is 1.23 bits per heavy atom. The van der Waals surface area contributed by atoms with Crippen LogP contribution in [0.15, 0.2) is 24.3 Å². The Bertz CT molecular complexity index is 670. The number of amides is 2. The Morgan fingerprint density at radius 3 is 2.65 bits per heavy atom. The molecule has 2 atom stereocenters. The smallest absolute Gasteiger partial charge is 0.265 e. The predicted octanol–water partition coefficient (Wildman–Crippen LogP) is 1.86. The molecule has 1 aromatic rings. The molecule has 2 aliphatic carbocycles. The Balaban J connectivity index is 0.00000196. The van der Waals surface area contributed by atoms with E-state index in [1.807, 2.05) is 24.3 Å². The summed E-state index contributed by atoms with van der Waals surface area (Å²) in [6.07, 6.45) is 5.47. The van der Waals surface area contributed by atoms with E-state index in [9.17, 15) is 9.59 Å². The lowest BCUT2D eigenvalue weighted by Crippen LogP contribution is -2.56. The normalized spacial score (nSPS) is 29.9. The van der Waals surface area contributed by atoms with Crippen molar-refractivity contribution in [2.24, 2.45) is 17.6 Å². The van der Waals surface area contributed by atoms with Gasteiger partial charge >= 0.3 is 0 Å². The van der Waals surface area contributed by atoms with Crippen LogP contribution < -0.4 is 20.7 Å². The van der Waals surface area contributed by atoms with E-state index >= 15 is 0 Å². The summed E-state index contributed by atoms with van der Waals surface area (Å²) in [5, 5.41) is 3.21. The molecule has 0 aromatic heterocycles. The van der Waals surface area contributed by atoms with Crippen LogP contribution in [0.2, 0.25) is 0 Å².